The molecule has 0 aliphatic carbocycles. The van der Waals surface area contributed by atoms with E-state index in [1.807, 2.05) is 6.92 Å². The predicted molar refractivity (Wildman–Crippen MR) is 76.8 cm³/mol. The van der Waals surface area contributed by atoms with E-state index in [4.69, 9.17) is 14.9 Å². The van der Waals surface area contributed by atoms with Gasteiger partial charge >= 0.3 is 17.9 Å². The Hall–Kier alpha value is -1.85. The van der Waals surface area contributed by atoms with E-state index in [9.17, 15) is 14.4 Å². The SMILES string of the molecule is C=C(C(=O)O)C(CC(=O)OCC(CC)CCCC)C(=O)O. The maximum Gasteiger partial charge on any atom is 0.331 e. The Morgan fingerprint density at radius 3 is 2.24 bits per heavy atom. The van der Waals surface area contributed by atoms with Crippen molar-refractivity contribution in [2.45, 2.75) is 46.0 Å². The minimum atomic E-state index is -1.45. The summed E-state index contributed by atoms with van der Waals surface area (Å²) < 4.78 is 5.07. The third-order valence-corrected chi connectivity index (χ3v) is 3.39. The smallest absolute Gasteiger partial charge is 0.331 e. The quantitative estimate of drug-likeness (QED) is 0.449. The zero-order valence-electron chi connectivity index (χ0n) is 12.6. The van der Waals surface area contributed by atoms with E-state index < -0.39 is 35.8 Å². The van der Waals surface area contributed by atoms with Crippen molar-refractivity contribution >= 4 is 17.9 Å². The van der Waals surface area contributed by atoms with Gasteiger partial charge in [-0.05, 0) is 12.3 Å². The highest BCUT2D eigenvalue weighted by Crippen LogP contribution is 2.17. The van der Waals surface area contributed by atoms with Gasteiger partial charge in [-0.2, -0.15) is 0 Å². The molecule has 0 saturated heterocycles. The summed E-state index contributed by atoms with van der Waals surface area (Å²) in [6, 6.07) is 0. The van der Waals surface area contributed by atoms with E-state index >= 15 is 0 Å². The van der Waals surface area contributed by atoms with Gasteiger partial charge in [0.15, 0.2) is 0 Å². The topological polar surface area (TPSA) is 101 Å². The zero-order valence-corrected chi connectivity index (χ0v) is 12.6. The van der Waals surface area contributed by atoms with Gasteiger partial charge in [0.1, 0.15) is 0 Å². The van der Waals surface area contributed by atoms with Crippen LogP contribution >= 0.6 is 0 Å². The van der Waals surface area contributed by atoms with Crippen LogP contribution in [-0.4, -0.2) is 34.7 Å². The van der Waals surface area contributed by atoms with Crippen LogP contribution in [0.3, 0.4) is 0 Å². The van der Waals surface area contributed by atoms with Crippen molar-refractivity contribution in [1.82, 2.24) is 0 Å². The Morgan fingerprint density at radius 1 is 1.19 bits per heavy atom. The molecule has 0 aliphatic heterocycles. The van der Waals surface area contributed by atoms with Crippen molar-refractivity contribution in [3.63, 3.8) is 0 Å². The van der Waals surface area contributed by atoms with Crippen molar-refractivity contribution in [2.24, 2.45) is 11.8 Å². The van der Waals surface area contributed by atoms with Gasteiger partial charge in [0.05, 0.1) is 18.9 Å². The molecule has 0 fully saturated rings. The highest BCUT2D eigenvalue weighted by Gasteiger charge is 2.29. The second kappa shape index (κ2) is 9.96. The zero-order chi connectivity index (χ0) is 16.4. The Labute approximate surface area is 124 Å². The highest BCUT2D eigenvalue weighted by atomic mass is 16.5. The van der Waals surface area contributed by atoms with Crippen molar-refractivity contribution in [1.29, 1.82) is 0 Å². The molecular weight excluding hydrogens is 276 g/mol. The second-order valence-electron chi connectivity index (χ2n) is 5.02. The highest BCUT2D eigenvalue weighted by molar-refractivity contribution is 5.95. The van der Waals surface area contributed by atoms with Gasteiger partial charge in [0.25, 0.3) is 0 Å². The molecule has 0 rings (SSSR count). The molecule has 0 aliphatic rings. The van der Waals surface area contributed by atoms with Crippen LogP contribution in [0, 0.1) is 11.8 Å². The summed E-state index contributed by atoms with van der Waals surface area (Å²) in [5.41, 5.74) is -0.516. The number of rotatable bonds is 11. The van der Waals surface area contributed by atoms with E-state index in [-0.39, 0.29) is 12.5 Å². The molecule has 21 heavy (non-hydrogen) atoms. The van der Waals surface area contributed by atoms with Crippen molar-refractivity contribution in [3.05, 3.63) is 12.2 Å². The Balaban J connectivity index is 4.41. The lowest BCUT2D eigenvalue weighted by molar-refractivity contribution is -0.152. The van der Waals surface area contributed by atoms with Crippen molar-refractivity contribution < 1.29 is 29.3 Å². The van der Waals surface area contributed by atoms with Crippen LogP contribution in [0.25, 0.3) is 0 Å². The molecule has 120 valence electrons. The van der Waals surface area contributed by atoms with Gasteiger partial charge in [-0.25, -0.2) is 4.79 Å². The van der Waals surface area contributed by atoms with Crippen molar-refractivity contribution in [3.8, 4) is 0 Å². The number of hydrogen-bond acceptors (Lipinski definition) is 4. The molecule has 0 heterocycles. The predicted octanol–water partition coefficient (Wildman–Crippen LogP) is 2.48. The molecule has 0 saturated carbocycles. The van der Waals surface area contributed by atoms with Gasteiger partial charge < -0.3 is 14.9 Å². The fourth-order valence-corrected chi connectivity index (χ4v) is 1.84. The first-order valence-electron chi connectivity index (χ1n) is 7.13. The molecular formula is C15H24O6. The standard InChI is InChI=1S/C15H24O6/c1-4-6-7-11(5-2)9-21-13(16)8-12(15(19)20)10(3)14(17)18/h11-12H,3-9H2,1-2H3,(H,17,18)(H,19,20). The first kappa shape index (κ1) is 19.1. The number of aliphatic carboxylic acids is 2. The first-order chi connectivity index (χ1) is 9.83. The number of unbranched alkanes of at least 4 members (excludes halogenated alkanes) is 1. The number of carboxylic acids is 2. The molecule has 6 heteroatoms. The molecule has 0 aromatic heterocycles. The lowest BCUT2D eigenvalue weighted by atomic mass is 9.97. The third-order valence-electron chi connectivity index (χ3n) is 3.39. The summed E-state index contributed by atoms with van der Waals surface area (Å²) >= 11 is 0. The molecule has 2 N–H and O–H groups in total. The van der Waals surface area contributed by atoms with Crippen LogP contribution in [-0.2, 0) is 19.1 Å². The Kier molecular flexibility index (Phi) is 9.08. The van der Waals surface area contributed by atoms with Gasteiger partial charge in [-0.3, -0.25) is 9.59 Å². The number of esters is 1. The maximum atomic E-state index is 11.7. The Bertz CT molecular complexity index is 388. The molecule has 0 radical (unpaired) electrons. The van der Waals surface area contributed by atoms with Gasteiger partial charge in [0, 0.05) is 5.57 Å². The maximum absolute atomic E-state index is 11.7. The van der Waals surface area contributed by atoms with Crippen LogP contribution < -0.4 is 0 Å². The number of hydrogen-bond donors (Lipinski definition) is 2. The fraction of sp³-hybridized carbons (Fsp3) is 0.667. The summed E-state index contributed by atoms with van der Waals surface area (Å²) in [5, 5.41) is 17.7. The van der Waals surface area contributed by atoms with Gasteiger partial charge in [-0.15, -0.1) is 0 Å². The summed E-state index contributed by atoms with van der Waals surface area (Å²) in [5.74, 6) is -4.73. The second-order valence-corrected chi connectivity index (χ2v) is 5.02. The average Bonchev–Trinajstić information content (AvgIpc) is 2.43. The van der Waals surface area contributed by atoms with E-state index in [0.717, 1.165) is 25.7 Å². The van der Waals surface area contributed by atoms with Crippen LogP contribution in [0.4, 0.5) is 0 Å². The molecule has 0 spiro atoms. The molecule has 0 aromatic rings. The lowest BCUT2D eigenvalue weighted by Gasteiger charge is -2.16. The lowest BCUT2D eigenvalue weighted by Crippen LogP contribution is -2.25. The molecule has 0 aromatic carbocycles. The van der Waals surface area contributed by atoms with Crippen LogP contribution in [0.1, 0.15) is 46.0 Å². The molecule has 0 bridgehead atoms. The Morgan fingerprint density at radius 2 is 1.81 bits per heavy atom. The van der Waals surface area contributed by atoms with E-state index in [1.54, 1.807) is 0 Å². The average molecular weight is 300 g/mol. The minimum absolute atomic E-state index is 0.237. The molecule has 0 amide bonds. The monoisotopic (exact) mass is 300 g/mol. The normalized spacial score (nSPS) is 13.2. The summed E-state index contributed by atoms with van der Waals surface area (Å²) in [6.45, 7) is 7.51. The van der Waals surface area contributed by atoms with Gasteiger partial charge in [-0.1, -0.05) is 39.7 Å². The number of ether oxygens (including phenoxy) is 1. The van der Waals surface area contributed by atoms with E-state index in [0.29, 0.717) is 0 Å². The van der Waals surface area contributed by atoms with E-state index in [2.05, 4.69) is 13.5 Å². The summed E-state index contributed by atoms with van der Waals surface area (Å²) in [7, 11) is 0. The molecule has 6 nitrogen and oxygen atoms in total. The van der Waals surface area contributed by atoms with Crippen LogP contribution in [0.15, 0.2) is 12.2 Å². The van der Waals surface area contributed by atoms with Gasteiger partial charge in [0.2, 0.25) is 0 Å². The number of carbonyl (C=O) groups is 3. The van der Waals surface area contributed by atoms with Crippen LogP contribution in [0.5, 0.6) is 0 Å². The van der Waals surface area contributed by atoms with E-state index in [1.165, 1.54) is 0 Å². The largest absolute Gasteiger partial charge is 0.481 e. The van der Waals surface area contributed by atoms with Crippen molar-refractivity contribution in [2.75, 3.05) is 6.61 Å². The minimum Gasteiger partial charge on any atom is -0.481 e. The third kappa shape index (κ3) is 7.48. The van der Waals surface area contributed by atoms with Crippen LogP contribution in [0.2, 0.25) is 0 Å². The first-order valence-corrected chi connectivity index (χ1v) is 7.13. The fourth-order valence-electron chi connectivity index (χ4n) is 1.84. The molecule has 2 atom stereocenters. The summed E-state index contributed by atoms with van der Waals surface area (Å²) in [6.07, 6.45) is 3.42. The molecule has 2 unspecified atom stereocenters. The summed E-state index contributed by atoms with van der Waals surface area (Å²) in [4.78, 5) is 33.4. The number of carboxylic acid groups (broad SMARTS) is 2. The number of carbonyl (C=O) groups excluding carboxylic acids is 1.